The van der Waals surface area contributed by atoms with Gasteiger partial charge in [0.2, 0.25) is 15.9 Å². The third kappa shape index (κ3) is 6.72. The molecule has 0 spiro atoms. The number of anilines is 1. The Morgan fingerprint density at radius 3 is 2.43 bits per heavy atom. The van der Waals surface area contributed by atoms with Gasteiger partial charge in [0.15, 0.2) is 0 Å². The first-order valence-electron chi connectivity index (χ1n) is 9.04. The molecule has 4 N–H and O–H groups in total. The number of rotatable bonds is 8. The van der Waals surface area contributed by atoms with Gasteiger partial charge in [-0.15, -0.1) is 0 Å². The second-order valence-corrected chi connectivity index (χ2v) is 9.57. The number of carbonyl (C=O) groups is 2. The average Bonchev–Trinajstić information content (AvgIpc) is 2.61. The van der Waals surface area contributed by atoms with Crippen molar-refractivity contribution in [3.05, 3.63) is 53.1 Å². The fourth-order valence-corrected chi connectivity index (χ4v) is 4.41. The highest BCUT2D eigenvalue weighted by molar-refractivity contribution is 7.89. The van der Waals surface area contributed by atoms with E-state index in [-0.39, 0.29) is 28.5 Å². The summed E-state index contributed by atoms with van der Waals surface area (Å²) in [6.45, 7) is 5.16. The van der Waals surface area contributed by atoms with Crippen LogP contribution in [0.5, 0.6) is 5.75 Å². The lowest BCUT2D eigenvalue weighted by molar-refractivity contribution is -0.118. The van der Waals surface area contributed by atoms with Gasteiger partial charge in [-0.25, -0.2) is 13.1 Å². The third-order valence-corrected chi connectivity index (χ3v) is 5.90. The van der Waals surface area contributed by atoms with Crippen molar-refractivity contribution in [1.82, 2.24) is 4.72 Å². The number of nitrogens with one attached hydrogen (secondary N) is 2. The van der Waals surface area contributed by atoms with Crippen LogP contribution >= 0.6 is 11.6 Å². The van der Waals surface area contributed by atoms with Crippen molar-refractivity contribution in [2.75, 3.05) is 11.9 Å². The summed E-state index contributed by atoms with van der Waals surface area (Å²) < 4.78 is 33.3. The Morgan fingerprint density at radius 1 is 1.13 bits per heavy atom. The molecule has 30 heavy (non-hydrogen) atoms. The van der Waals surface area contributed by atoms with E-state index in [1.54, 1.807) is 45.0 Å². The Labute approximate surface area is 180 Å². The molecule has 0 bridgehead atoms. The Hall–Kier alpha value is -2.62. The summed E-state index contributed by atoms with van der Waals surface area (Å²) in [5.41, 5.74) is 4.83. The number of amides is 2. The predicted octanol–water partition coefficient (Wildman–Crippen LogP) is 2.92. The highest BCUT2D eigenvalue weighted by Crippen LogP contribution is 2.27. The Kier molecular flexibility index (Phi) is 7.46. The zero-order valence-corrected chi connectivity index (χ0v) is 18.4. The zero-order valence-electron chi connectivity index (χ0n) is 16.9. The van der Waals surface area contributed by atoms with E-state index in [9.17, 15) is 18.0 Å². The van der Waals surface area contributed by atoms with Crippen LogP contribution in [0.15, 0.2) is 47.4 Å². The molecule has 0 aliphatic rings. The lowest BCUT2D eigenvalue weighted by atomic mass is 10.1. The number of ether oxygens (including phenoxy) is 1. The van der Waals surface area contributed by atoms with Gasteiger partial charge in [-0.3, -0.25) is 9.59 Å². The van der Waals surface area contributed by atoms with Gasteiger partial charge in [0, 0.05) is 11.1 Å². The van der Waals surface area contributed by atoms with Crippen LogP contribution in [0, 0.1) is 0 Å². The van der Waals surface area contributed by atoms with Crippen molar-refractivity contribution in [3.8, 4) is 5.75 Å². The van der Waals surface area contributed by atoms with Crippen molar-refractivity contribution in [2.45, 2.75) is 37.6 Å². The number of primary amides is 1. The molecule has 0 atom stereocenters. The summed E-state index contributed by atoms with van der Waals surface area (Å²) >= 11 is 6.07. The number of para-hydroxylation sites is 2. The fourth-order valence-electron chi connectivity index (χ4n) is 2.46. The van der Waals surface area contributed by atoms with E-state index < -0.39 is 27.4 Å². The number of sulfonamides is 1. The molecule has 0 aliphatic carbocycles. The number of carbonyl (C=O) groups excluding carboxylic acids is 2. The second kappa shape index (κ2) is 9.46. The standard InChI is InChI=1S/C20H24ClN3O5S/c1-20(2,3)24-30(27,28)17-12-13(8-9-14(17)21)19(26)23-15-6-4-5-7-16(15)29-11-10-18(22)25/h4-9,12,24H,10-11H2,1-3H3,(H2,22,25)(H,23,26). The van der Waals surface area contributed by atoms with Crippen molar-refractivity contribution < 1.29 is 22.7 Å². The number of halogens is 1. The Balaban J connectivity index is 2.26. The van der Waals surface area contributed by atoms with Crippen molar-refractivity contribution in [3.63, 3.8) is 0 Å². The van der Waals surface area contributed by atoms with E-state index in [1.807, 2.05) is 0 Å². The van der Waals surface area contributed by atoms with Crippen LogP contribution in [0.25, 0.3) is 0 Å². The predicted molar refractivity (Wildman–Crippen MR) is 115 cm³/mol. The summed E-state index contributed by atoms with van der Waals surface area (Å²) in [5.74, 6) is -0.705. The second-order valence-electron chi connectivity index (χ2n) is 7.52. The maximum absolute atomic E-state index is 12.7. The van der Waals surface area contributed by atoms with E-state index in [4.69, 9.17) is 22.1 Å². The summed E-state index contributed by atoms with van der Waals surface area (Å²) in [4.78, 5) is 23.4. The van der Waals surface area contributed by atoms with Gasteiger partial charge >= 0.3 is 0 Å². The molecule has 10 heteroatoms. The van der Waals surface area contributed by atoms with Gasteiger partial charge in [0.25, 0.3) is 5.91 Å². The van der Waals surface area contributed by atoms with Crippen LogP contribution in [-0.4, -0.2) is 32.4 Å². The molecule has 0 saturated heterocycles. The number of nitrogens with two attached hydrogens (primary N) is 1. The van der Waals surface area contributed by atoms with E-state index in [1.165, 1.54) is 18.2 Å². The van der Waals surface area contributed by atoms with Gasteiger partial charge in [0.1, 0.15) is 10.6 Å². The maximum atomic E-state index is 12.7. The summed E-state index contributed by atoms with van der Waals surface area (Å²) in [6, 6.07) is 10.6. The molecule has 0 aliphatic heterocycles. The smallest absolute Gasteiger partial charge is 0.255 e. The van der Waals surface area contributed by atoms with Crippen LogP contribution in [0.3, 0.4) is 0 Å². The van der Waals surface area contributed by atoms with Gasteiger partial charge in [-0.1, -0.05) is 23.7 Å². The first kappa shape index (κ1) is 23.7. The minimum atomic E-state index is -3.94. The summed E-state index contributed by atoms with van der Waals surface area (Å²) in [7, 11) is -3.94. The summed E-state index contributed by atoms with van der Waals surface area (Å²) in [5, 5.41) is 2.67. The molecular weight excluding hydrogens is 430 g/mol. The molecule has 162 valence electrons. The highest BCUT2D eigenvalue weighted by atomic mass is 35.5. The number of hydrogen-bond acceptors (Lipinski definition) is 5. The maximum Gasteiger partial charge on any atom is 0.255 e. The van der Waals surface area contributed by atoms with Crippen molar-refractivity contribution in [2.24, 2.45) is 5.73 Å². The molecule has 2 aromatic rings. The largest absolute Gasteiger partial charge is 0.491 e. The van der Waals surface area contributed by atoms with Crippen molar-refractivity contribution in [1.29, 1.82) is 0 Å². The first-order valence-corrected chi connectivity index (χ1v) is 10.9. The molecule has 0 radical (unpaired) electrons. The molecule has 2 amide bonds. The minimum absolute atomic E-state index is 0.00140. The fraction of sp³-hybridized carbons (Fsp3) is 0.300. The average molecular weight is 454 g/mol. The molecule has 8 nitrogen and oxygen atoms in total. The number of hydrogen-bond donors (Lipinski definition) is 3. The monoisotopic (exact) mass is 453 g/mol. The third-order valence-electron chi connectivity index (χ3n) is 3.66. The zero-order chi connectivity index (χ0) is 22.5. The summed E-state index contributed by atoms with van der Waals surface area (Å²) in [6.07, 6.45) is 0.0292. The lowest BCUT2D eigenvalue weighted by Gasteiger charge is -2.21. The van der Waals surface area contributed by atoms with Gasteiger partial charge in [-0.2, -0.15) is 0 Å². The first-order chi connectivity index (χ1) is 13.9. The quantitative estimate of drug-likeness (QED) is 0.566. The highest BCUT2D eigenvalue weighted by Gasteiger charge is 2.25. The molecule has 0 unspecified atom stereocenters. The van der Waals surface area contributed by atoms with Crippen LogP contribution < -0.4 is 20.5 Å². The SMILES string of the molecule is CC(C)(C)NS(=O)(=O)c1cc(C(=O)Nc2ccccc2OCCC(N)=O)ccc1Cl. The van der Waals surface area contributed by atoms with Crippen LogP contribution in [0.4, 0.5) is 5.69 Å². The van der Waals surface area contributed by atoms with Crippen molar-refractivity contribution >= 4 is 39.1 Å². The topological polar surface area (TPSA) is 128 Å². The molecule has 0 aromatic heterocycles. The Bertz CT molecular complexity index is 1050. The van der Waals surface area contributed by atoms with Crippen LogP contribution in [0.2, 0.25) is 5.02 Å². The number of benzene rings is 2. The van der Waals surface area contributed by atoms with Gasteiger partial charge < -0.3 is 15.8 Å². The van der Waals surface area contributed by atoms with E-state index >= 15 is 0 Å². The van der Waals surface area contributed by atoms with Crippen LogP contribution in [-0.2, 0) is 14.8 Å². The van der Waals surface area contributed by atoms with E-state index in [0.717, 1.165) is 0 Å². The normalized spacial score (nSPS) is 11.7. The Morgan fingerprint density at radius 2 is 1.80 bits per heavy atom. The molecular formula is C20H24ClN3O5S. The molecule has 2 aromatic carbocycles. The molecule has 0 saturated carbocycles. The molecule has 2 rings (SSSR count). The molecule has 0 heterocycles. The lowest BCUT2D eigenvalue weighted by Crippen LogP contribution is -2.40. The van der Waals surface area contributed by atoms with Gasteiger partial charge in [-0.05, 0) is 51.1 Å². The van der Waals surface area contributed by atoms with E-state index in [2.05, 4.69) is 10.0 Å². The molecule has 0 fully saturated rings. The van der Waals surface area contributed by atoms with Crippen LogP contribution in [0.1, 0.15) is 37.6 Å². The van der Waals surface area contributed by atoms with E-state index in [0.29, 0.717) is 11.4 Å². The minimum Gasteiger partial charge on any atom is -0.491 e. The van der Waals surface area contributed by atoms with Gasteiger partial charge in [0.05, 0.1) is 23.7 Å².